The number of rotatable bonds is 8. The summed E-state index contributed by atoms with van der Waals surface area (Å²) in [5.74, 6) is -0.663. The number of carboxylic acids is 1. The van der Waals surface area contributed by atoms with Crippen molar-refractivity contribution in [3.63, 3.8) is 0 Å². The molecular formula is C26H32N2O3. The Morgan fingerprint density at radius 1 is 1.10 bits per heavy atom. The van der Waals surface area contributed by atoms with Gasteiger partial charge in [-0.1, -0.05) is 50.6 Å². The Morgan fingerprint density at radius 2 is 1.81 bits per heavy atom. The van der Waals surface area contributed by atoms with Crippen molar-refractivity contribution in [2.24, 2.45) is 0 Å². The number of benzene rings is 2. The van der Waals surface area contributed by atoms with Crippen LogP contribution in [0.25, 0.3) is 22.2 Å². The Hall–Kier alpha value is -3.08. The highest BCUT2D eigenvalue weighted by Gasteiger charge is 2.26. The minimum Gasteiger partial charge on any atom is -0.478 e. The van der Waals surface area contributed by atoms with Crippen LogP contribution in [0.5, 0.6) is 0 Å². The molecule has 1 unspecified atom stereocenters. The molecule has 1 heterocycles. The van der Waals surface area contributed by atoms with Crippen molar-refractivity contribution in [2.45, 2.75) is 52.5 Å². The minimum absolute atomic E-state index is 0.0254. The molecule has 2 aromatic carbocycles. The minimum atomic E-state index is -0.965. The second kappa shape index (κ2) is 9.38. The molecule has 0 saturated carbocycles. The van der Waals surface area contributed by atoms with Crippen LogP contribution < -0.4 is 0 Å². The average molecular weight is 421 g/mol. The highest BCUT2D eigenvalue weighted by Crippen LogP contribution is 2.42. The molecule has 1 amide bonds. The van der Waals surface area contributed by atoms with E-state index in [4.69, 9.17) is 0 Å². The molecule has 1 aromatic heterocycles. The molecule has 0 aliphatic carbocycles. The molecule has 0 bridgehead atoms. The maximum absolute atomic E-state index is 12.8. The van der Waals surface area contributed by atoms with E-state index in [-0.39, 0.29) is 18.0 Å². The summed E-state index contributed by atoms with van der Waals surface area (Å²) < 4.78 is 2.03. The summed E-state index contributed by atoms with van der Waals surface area (Å²) >= 11 is 0. The molecule has 0 fully saturated rings. The number of likely N-dealkylation sites (N-methyl/N-ethyl adjacent to an activating group) is 1. The normalized spacial score (nSPS) is 12.2. The van der Waals surface area contributed by atoms with E-state index in [1.807, 2.05) is 22.8 Å². The lowest BCUT2D eigenvalue weighted by molar-refractivity contribution is -0.129. The Morgan fingerprint density at radius 3 is 2.39 bits per heavy atom. The molecule has 0 spiro atoms. The van der Waals surface area contributed by atoms with Gasteiger partial charge >= 0.3 is 5.97 Å². The second-order valence-electron chi connectivity index (χ2n) is 8.38. The van der Waals surface area contributed by atoms with E-state index in [0.717, 1.165) is 47.0 Å². The summed E-state index contributed by atoms with van der Waals surface area (Å²) in [5, 5.41) is 10.6. The van der Waals surface area contributed by atoms with Gasteiger partial charge < -0.3 is 14.6 Å². The first-order valence-electron chi connectivity index (χ1n) is 11.0. The van der Waals surface area contributed by atoms with Crippen molar-refractivity contribution >= 4 is 22.8 Å². The summed E-state index contributed by atoms with van der Waals surface area (Å²) in [6.45, 7) is 6.63. The fraction of sp³-hybridized carbons (Fsp3) is 0.385. The predicted octanol–water partition coefficient (Wildman–Crippen LogP) is 5.70. The third kappa shape index (κ3) is 4.36. The highest BCUT2D eigenvalue weighted by atomic mass is 16.4. The van der Waals surface area contributed by atoms with Crippen LogP contribution in [0, 0.1) is 6.92 Å². The van der Waals surface area contributed by atoms with E-state index in [1.54, 1.807) is 31.1 Å². The molecule has 5 nitrogen and oxygen atoms in total. The third-order valence-corrected chi connectivity index (χ3v) is 6.08. The Bertz CT molecular complexity index is 1110. The van der Waals surface area contributed by atoms with Crippen molar-refractivity contribution in [1.82, 2.24) is 9.47 Å². The van der Waals surface area contributed by atoms with Crippen LogP contribution in [0.2, 0.25) is 0 Å². The number of hydrogen-bond acceptors (Lipinski definition) is 2. The van der Waals surface area contributed by atoms with Crippen LogP contribution in [0.1, 0.15) is 60.5 Å². The van der Waals surface area contributed by atoms with Gasteiger partial charge in [0.25, 0.3) is 0 Å². The van der Waals surface area contributed by atoms with Crippen molar-refractivity contribution in [3.8, 4) is 11.3 Å². The fourth-order valence-corrected chi connectivity index (χ4v) is 4.39. The number of aryl methyl sites for hydroxylation is 1. The maximum Gasteiger partial charge on any atom is 0.335 e. The molecule has 1 atom stereocenters. The van der Waals surface area contributed by atoms with Gasteiger partial charge in [0, 0.05) is 25.0 Å². The zero-order chi connectivity index (χ0) is 22.7. The molecule has 0 aliphatic heterocycles. The van der Waals surface area contributed by atoms with Gasteiger partial charge in [-0.3, -0.25) is 4.79 Å². The lowest BCUT2D eigenvalue weighted by Crippen LogP contribution is -2.26. The molecule has 0 radical (unpaired) electrons. The lowest BCUT2D eigenvalue weighted by atomic mass is 9.87. The highest BCUT2D eigenvalue weighted by molar-refractivity contribution is 5.99. The zero-order valence-electron chi connectivity index (χ0n) is 19.1. The number of carboxylic acid groups (broad SMARTS) is 1. The van der Waals surface area contributed by atoms with Crippen molar-refractivity contribution in [3.05, 3.63) is 59.2 Å². The van der Waals surface area contributed by atoms with Crippen LogP contribution in [0.4, 0.5) is 0 Å². The molecule has 3 aromatic rings. The second-order valence-corrected chi connectivity index (χ2v) is 8.38. The van der Waals surface area contributed by atoms with E-state index in [9.17, 15) is 14.7 Å². The molecule has 5 heteroatoms. The number of aromatic nitrogens is 1. The molecule has 3 rings (SSSR count). The van der Waals surface area contributed by atoms with Crippen LogP contribution in [0.15, 0.2) is 42.5 Å². The van der Waals surface area contributed by atoms with E-state index >= 15 is 0 Å². The van der Waals surface area contributed by atoms with Crippen molar-refractivity contribution < 1.29 is 14.7 Å². The topological polar surface area (TPSA) is 62.5 Å². The van der Waals surface area contributed by atoms with E-state index < -0.39 is 5.97 Å². The van der Waals surface area contributed by atoms with Gasteiger partial charge in [-0.2, -0.15) is 0 Å². The number of carbonyl (C=O) groups is 2. The molecule has 0 saturated heterocycles. The first-order valence-corrected chi connectivity index (χ1v) is 11.0. The third-order valence-electron chi connectivity index (χ3n) is 6.08. The van der Waals surface area contributed by atoms with Gasteiger partial charge in [0.1, 0.15) is 6.54 Å². The smallest absolute Gasteiger partial charge is 0.335 e. The monoisotopic (exact) mass is 420 g/mol. The quantitative estimate of drug-likeness (QED) is 0.509. The zero-order valence-corrected chi connectivity index (χ0v) is 19.1. The number of nitrogens with zero attached hydrogens (tertiary/aromatic N) is 2. The fourth-order valence-electron chi connectivity index (χ4n) is 4.39. The van der Waals surface area contributed by atoms with Gasteiger partial charge in [0.2, 0.25) is 5.91 Å². The predicted molar refractivity (Wildman–Crippen MR) is 126 cm³/mol. The van der Waals surface area contributed by atoms with E-state index in [0.29, 0.717) is 5.92 Å². The summed E-state index contributed by atoms with van der Waals surface area (Å²) in [6.07, 6.45) is 3.08. The van der Waals surface area contributed by atoms with Gasteiger partial charge in [-0.15, -0.1) is 0 Å². The number of fused-ring (bicyclic) bond motifs is 1. The lowest BCUT2D eigenvalue weighted by Gasteiger charge is -2.20. The Balaban J connectivity index is 2.45. The van der Waals surface area contributed by atoms with Crippen molar-refractivity contribution in [1.29, 1.82) is 0 Å². The SMILES string of the molecule is CCCC(CC)c1c(-c2ccccc2C)n(CC(=O)N(C)C)c2cc(C(=O)O)ccc12. The van der Waals surface area contributed by atoms with E-state index in [1.165, 1.54) is 5.56 Å². The molecule has 1 N–H and O–H groups in total. The first-order chi connectivity index (χ1) is 14.8. The van der Waals surface area contributed by atoms with Crippen LogP contribution in [0.3, 0.4) is 0 Å². The van der Waals surface area contributed by atoms with Crippen LogP contribution >= 0.6 is 0 Å². The van der Waals surface area contributed by atoms with E-state index in [2.05, 4.69) is 32.9 Å². The molecule has 31 heavy (non-hydrogen) atoms. The number of hydrogen-bond donors (Lipinski definition) is 1. The van der Waals surface area contributed by atoms with Gasteiger partial charge in [-0.25, -0.2) is 4.79 Å². The van der Waals surface area contributed by atoms with Gasteiger partial charge in [0.05, 0.1) is 16.8 Å². The van der Waals surface area contributed by atoms with Crippen LogP contribution in [-0.4, -0.2) is 40.5 Å². The summed E-state index contributed by atoms with van der Waals surface area (Å²) in [5.41, 5.74) is 5.51. The average Bonchev–Trinajstić information content (AvgIpc) is 3.05. The first kappa shape index (κ1) is 22.6. The summed E-state index contributed by atoms with van der Waals surface area (Å²) in [7, 11) is 3.49. The van der Waals surface area contributed by atoms with Crippen molar-refractivity contribution in [2.75, 3.05) is 14.1 Å². The van der Waals surface area contributed by atoms with Gasteiger partial charge in [-0.05, 0) is 48.9 Å². The van der Waals surface area contributed by atoms with Crippen LogP contribution in [-0.2, 0) is 11.3 Å². The Kier molecular flexibility index (Phi) is 6.84. The molecular weight excluding hydrogens is 388 g/mol. The summed E-state index contributed by atoms with van der Waals surface area (Å²) in [6, 6.07) is 13.5. The van der Waals surface area contributed by atoms with Gasteiger partial charge in [0.15, 0.2) is 0 Å². The maximum atomic E-state index is 12.8. The Labute approximate surface area is 184 Å². The summed E-state index contributed by atoms with van der Waals surface area (Å²) in [4.78, 5) is 26.1. The molecule has 0 aliphatic rings. The number of amides is 1. The standard InChI is InChI=1S/C26H32N2O3/c1-6-10-18(7-2)24-21-14-13-19(26(30)31)15-22(21)28(16-23(29)27(4)5)25(24)20-12-9-8-11-17(20)3/h8-9,11-15,18H,6-7,10,16H2,1-5H3,(H,30,31). The number of aromatic carboxylic acids is 1. The number of carbonyl (C=O) groups excluding carboxylic acids is 1. The largest absolute Gasteiger partial charge is 0.478 e. The molecule has 164 valence electrons.